The Balaban J connectivity index is 1.89. The van der Waals surface area contributed by atoms with Gasteiger partial charge in [0.05, 0.1) is 5.60 Å². The van der Waals surface area contributed by atoms with E-state index in [0.717, 1.165) is 32.5 Å². The van der Waals surface area contributed by atoms with E-state index in [1.54, 1.807) is 0 Å². The molecule has 88 valence electrons. The molecule has 0 bridgehead atoms. The fraction of sp³-hybridized carbons (Fsp3) is 1.00. The molecule has 1 saturated carbocycles. The molecular weight excluding hydrogens is 188 g/mol. The summed E-state index contributed by atoms with van der Waals surface area (Å²) in [6, 6.07) is 0.600. The number of rotatable bonds is 3. The summed E-state index contributed by atoms with van der Waals surface area (Å²) in [6.45, 7) is 5.00. The van der Waals surface area contributed by atoms with Crippen LogP contribution in [0.4, 0.5) is 0 Å². The molecule has 2 unspecified atom stereocenters. The lowest BCUT2D eigenvalue weighted by Crippen LogP contribution is -2.42. The van der Waals surface area contributed by atoms with E-state index in [4.69, 9.17) is 5.73 Å². The van der Waals surface area contributed by atoms with Crippen molar-refractivity contribution in [2.75, 3.05) is 19.6 Å². The summed E-state index contributed by atoms with van der Waals surface area (Å²) in [5, 5.41) is 10.4. The summed E-state index contributed by atoms with van der Waals surface area (Å²) < 4.78 is 0. The topological polar surface area (TPSA) is 49.5 Å². The number of nitrogens with two attached hydrogens (primary N) is 1. The van der Waals surface area contributed by atoms with Crippen LogP contribution in [0.2, 0.25) is 0 Å². The number of hydrogen-bond acceptors (Lipinski definition) is 3. The monoisotopic (exact) mass is 212 g/mol. The minimum atomic E-state index is -0.391. The van der Waals surface area contributed by atoms with Crippen molar-refractivity contribution in [2.24, 2.45) is 11.7 Å². The normalized spacial score (nSPS) is 36.2. The Kier molecular flexibility index (Phi) is 3.33. The van der Waals surface area contributed by atoms with Gasteiger partial charge in [-0.25, -0.2) is 0 Å². The first-order chi connectivity index (χ1) is 7.13. The van der Waals surface area contributed by atoms with Gasteiger partial charge in [0.2, 0.25) is 0 Å². The molecule has 0 radical (unpaired) electrons. The predicted molar refractivity (Wildman–Crippen MR) is 61.6 cm³/mol. The fourth-order valence-corrected chi connectivity index (χ4v) is 3.18. The Morgan fingerprint density at radius 2 is 2.07 bits per heavy atom. The summed E-state index contributed by atoms with van der Waals surface area (Å²) >= 11 is 0. The van der Waals surface area contributed by atoms with Crippen LogP contribution in [0.25, 0.3) is 0 Å². The van der Waals surface area contributed by atoms with Crippen molar-refractivity contribution >= 4 is 0 Å². The maximum atomic E-state index is 10.4. The predicted octanol–water partition coefficient (Wildman–Crippen LogP) is 0.961. The lowest BCUT2D eigenvalue weighted by Gasteiger charge is -2.31. The molecule has 0 aromatic carbocycles. The van der Waals surface area contributed by atoms with E-state index in [-0.39, 0.29) is 0 Å². The Hall–Kier alpha value is -0.120. The van der Waals surface area contributed by atoms with Gasteiger partial charge in [-0.1, -0.05) is 12.8 Å². The van der Waals surface area contributed by atoms with Crippen molar-refractivity contribution < 1.29 is 5.11 Å². The zero-order chi connectivity index (χ0) is 10.9. The second-order valence-electron chi connectivity index (χ2n) is 5.55. The average Bonchev–Trinajstić information content (AvgIpc) is 2.75. The second-order valence-corrected chi connectivity index (χ2v) is 5.55. The van der Waals surface area contributed by atoms with E-state index < -0.39 is 5.60 Å². The molecule has 2 atom stereocenters. The Bertz CT molecular complexity index is 214. The molecule has 3 N–H and O–H groups in total. The second kappa shape index (κ2) is 4.40. The fourth-order valence-electron chi connectivity index (χ4n) is 3.18. The minimum Gasteiger partial charge on any atom is -0.389 e. The number of aliphatic hydroxyl groups is 1. The van der Waals surface area contributed by atoms with Crippen LogP contribution in [0.5, 0.6) is 0 Å². The van der Waals surface area contributed by atoms with E-state index in [2.05, 4.69) is 11.8 Å². The van der Waals surface area contributed by atoms with Crippen LogP contribution >= 0.6 is 0 Å². The highest BCUT2D eigenvalue weighted by atomic mass is 16.3. The van der Waals surface area contributed by atoms with E-state index in [0.29, 0.717) is 12.0 Å². The van der Waals surface area contributed by atoms with Crippen LogP contribution in [0.3, 0.4) is 0 Å². The first-order valence-corrected chi connectivity index (χ1v) is 6.29. The van der Waals surface area contributed by atoms with Gasteiger partial charge in [0.1, 0.15) is 0 Å². The Morgan fingerprint density at radius 3 is 2.60 bits per heavy atom. The van der Waals surface area contributed by atoms with E-state index in [9.17, 15) is 5.11 Å². The molecule has 2 aliphatic rings. The van der Waals surface area contributed by atoms with Crippen molar-refractivity contribution in [1.82, 2.24) is 4.90 Å². The number of β-amino-alcohol motifs (C(OH)–C–C–N with tert-alkyl or cyclic N) is 1. The molecule has 0 aromatic heterocycles. The van der Waals surface area contributed by atoms with Crippen LogP contribution in [-0.2, 0) is 0 Å². The van der Waals surface area contributed by atoms with Crippen LogP contribution in [0.15, 0.2) is 0 Å². The van der Waals surface area contributed by atoms with E-state index in [1.807, 2.05) is 0 Å². The summed E-state index contributed by atoms with van der Waals surface area (Å²) in [5.41, 5.74) is 5.32. The highest BCUT2D eigenvalue weighted by Gasteiger charge is 2.37. The lowest BCUT2D eigenvalue weighted by molar-refractivity contribution is 0.00685. The number of hydrogen-bond donors (Lipinski definition) is 2. The molecule has 0 aromatic rings. The number of nitrogens with zero attached hydrogens (tertiary/aromatic N) is 1. The minimum absolute atomic E-state index is 0.391. The molecule has 1 heterocycles. The molecule has 15 heavy (non-hydrogen) atoms. The van der Waals surface area contributed by atoms with Gasteiger partial charge in [0, 0.05) is 19.1 Å². The van der Waals surface area contributed by atoms with Gasteiger partial charge >= 0.3 is 0 Å². The first kappa shape index (κ1) is 11.4. The standard InChI is InChI=1S/C12H24N2O/c1-10-6-11(7-13)8-14(10)9-12(15)4-2-3-5-12/h10-11,15H,2-9,13H2,1H3. The quantitative estimate of drug-likeness (QED) is 0.732. The van der Waals surface area contributed by atoms with Crippen molar-refractivity contribution in [3.63, 3.8) is 0 Å². The third kappa shape index (κ3) is 2.52. The largest absolute Gasteiger partial charge is 0.389 e. The van der Waals surface area contributed by atoms with Crippen molar-refractivity contribution in [3.8, 4) is 0 Å². The highest BCUT2D eigenvalue weighted by molar-refractivity contribution is 4.92. The first-order valence-electron chi connectivity index (χ1n) is 6.29. The highest BCUT2D eigenvalue weighted by Crippen LogP contribution is 2.33. The Labute approximate surface area is 92.6 Å². The van der Waals surface area contributed by atoms with Crippen LogP contribution < -0.4 is 5.73 Å². The lowest BCUT2D eigenvalue weighted by atomic mass is 10.0. The molecular formula is C12H24N2O. The zero-order valence-corrected chi connectivity index (χ0v) is 9.78. The van der Waals surface area contributed by atoms with Crippen molar-refractivity contribution in [1.29, 1.82) is 0 Å². The van der Waals surface area contributed by atoms with Crippen molar-refractivity contribution in [3.05, 3.63) is 0 Å². The summed E-state index contributed by atoms with van der Waals surface area (Å²) in [5.74, 6) is 0.644. The van der Waals surface area contributed by atoms with Gasteiger partial charge in [0.25, 0.3) is 0 Å². The molecule has 1 aliphatic carbocycles. The van der Waals surface area contributed by atoms with Gasteiger partial charge in [-0.2, -0.15) is 0 Å². The van der Waals surface area contributed by atoms with Gasteiger partial charge in [-0.05, 0) is 38.6 Å². The molecule has 0 amide bonds. The maximum absolute atomic E-state index is 10.4. The number of likely N-dealkylation sites (tertiary alicyclic amines) is 1. The van der Waals surface area contributed by atoms with Gasteiger partial charge in [-0.3, -0.25) is 4.90 Å². The van der Waals surface area contributed by atoms with Crippen LogP contribution in [-0.4, -0.2) is 41.3 Å². The third-order valence-corrected chi connectivity index (χ3v) is 4.16. The van der Waals surface area contributed by atoms with Crippen LogP contribution in [0.1, 0.15) is 39.0 Å². The molecule has 0 spiro atoms. The van der Waals surface area contributed by atoms with Crippen LogP contribution in [0, 0.1) is 5.92 Å². The summed E-state index contributed by atoms with van der Waals surface area (Å²) in [6.07, 6.45) is 5.57. The van der Waals surface area contributed by atoms with E-state index in [1.165, 1.54) is 19.3 Å². The molecule has 2 rings (SSSR count). The van der Waals surface area contributed by atoms with E-state index >= 15 is 0 Å². The van der Waals surface area contributed by atoms with Crippen molar-refractivity contribution in [2.45, 2.75) is 50.7 Å². The summed E-state index contributed by atoms with van der Waals surface area (Å²) in [7, 11) is 0. The zero-order valence-electron chi connectivity index (χ0n) is 9.78. The average molecular weight is 212 g/mol. The smallest absolute Gasteiger partial charge is 0.0774 e. The third-order valence-electron chi connectivity index (χ3n) is 4.16. The molecule has 2 fully saturated rings. The van der Waals surface area contributed by atoms with Gasteiger partial charge < -0.3 is 10.8 Å². The molecule has 1 aliphatic heterocycles. The van der Waals surface area contributed by atoms with Gasteiger partial charge in [0.15, 0.2) is 0 Å². The molecule has 1 saturated heterocycles. The maximum Gasteiger partial charge on any atom is 0.0774 e. The SMILES string of the molecule is CC1CC(CN)CN1CC1(O)CCCC1. The summed E-state index contributed by atoms with van der Waals surface area (Å²) in [4.78, 5) is 2.43. The Morgan fingerprint density at radius 1 is 1.40 bits per heavy atom. The molecule has 3 nitrogen and oxygen atoms in total. The molecule has 3 heteroatoms. The van der Waals surface area contributed by atoms with Gasteiger partial charge in [-0.15, -0.1) is 0 Å².